The van der Waals surface area contributed by atoms with Crippen LogP contribution >= 0.6 is 0 Å². The molecule has 0 aliphatic carbocycles. The van der Waals surface area contributed by atoms with E-state index in [4.69, 9.17) is 4.74 Å². The second kappa shape index (κ2) is 8.45. The molecule has 0 fully saturated rings. The molecule has 6 heteroatoms. The van der Waals surface area contributed by atoms with Crippen LogP contribution in [0.25, 0.3) is 5.69 Å². The summed E-state index contributed by atoms with van der Waals surface area (Å²) in [5, 5.41) is 7.16. The highest BCUT2D eigenvalue weighted by atomic mass is 16.5. The molecule has 6 nitrogen and oxygen atoms in total. The van der Waals surface area contributed by atoms with Crippen molar-refractivity contribution in [3.8, 4) is 11.4 Å². The van der Waals surface area contributed by atoms with Gasteiger partial charge in [-0.1, -0.05) is 60.7 Å². The van der Waals surface area contributed by atoms with Crippen LogP contribution < -0.4 is 10.1 Å². The van der Waals surface area contributed by atoms with Gasteiger partial charge in [-0.25, -0.2) is 4.68 Å². The Morgan fingerprint density at radius 2 is 1.53 bits per heavy atom. The lowest BCUT2D eigenvalue weighted by molar-refractivity contribution is 0.101. The van der Waals surface area contributed by atoms with Gasteiger partial charge in [0.05, 0.1) is 19.0 Å². The van der Waals surface area contributed by atoms with E-state index in [1.807, 2.05) is 48.5 Å². The van der Waals surface area contributed by atoms with E-state index in [9.17, 15) is 9.59 Å². The molecule has 1 amide bonds. The molecule has 0 spiro atoms. The highest BCUT2D eigenvalue weighted by Crippen LogP contribution is 2.22. The Hall–Kier alpha value is -4.19. The molecule has 4 aromatic rings. The number of rotatable bonds is 6. The minimum absolute atomic E-state index is 0.113. The summed E-state index contributed by atoms with van der Waals surface area (Å²) in [6.45, 7) is 0. The van der Waals surface area contributed by atoms with Gasteiger partial charge in [0.25, 0.3) is 5.91 Å². The van der Waals surface area contributed by atoms with Crippen molar-refractivity contribution in [3.05, 3.63) is 108 Å². The molecule has 0 saturated carbocycles. The molecule has 1 N–H and O–H groups in total. The van der Waals surface area contributed by atoms with Crippen LogP contribution in [0.3, 0.4) is 0 Å². The summed E-state index contributed by atoms with van der Waals surface area (Å²) in [7, 11) is 1.49. The van der Waals surface area contributed by atoms with Gasteiger partial charge in [-0.15, -0.1) is 0 Å². The number of carbonyl (C=O) groups excluding carboxylic acids is 2. The smallest absolute Gasteiger partial charge is 0.280 e. The molecule has 0 bridgehead atoms. The molecule has 148 valence electrons. The summed E-state index contributed by atoms with van der Waals surface area (Å²) in [5.74, 6) is -0.184. The van der Waals surface area contributed by atoms with Gasteiger partial charge in [0.1, 0.15) is 0 Å². The predicted molar refractivity (Wildman–Crippen MR) is 114 cm³/mol. The average Bonchev–Trinajstić information content (AvgIpc) is 3.25. The van der Waals surface area contributed by atoms with Crippen LogP contribution in [0.15, 0.2) is 91.1 Å². The zero-order valence-electron chi connectivity index (χ0n) is 16.3. The van der Waals surface area contributed by atoms with Crippen LogP contribution in [0, 0.1) is 0 Å². The second-order valence-electron chi connectivity index (χ2n) is 6.56. The number of hydrogen-bond acceptors (Lipinski definition) is 4. The van der Waals surface area contributed by atoms with Crippen LogP contribution in [0.5, 0.6) is 5.75 Å². The second-order valence-corrected chi connectivity index (χ2v) is 6.56. The minimum Gasteiger partial charge on any atom is -0.493 e. The minimum atomic E-state index is -0.425. The largest absolute Gasteiger partial charge is 0.493 e. The average molecular weight is 397 g/mol. The number of amides is 1. The fourth-order valence-electron chi connectivity index (χ4n) is 3.06. The van der Waals surface area contributed by atoms with Crippen LogP contribution in [-0.4, -0.2) is 28.6 Å². The van der Waals surface area contributed by atoms with Gasteiger partial charge >= 0.3 is 0 Å². The number of anilines is 1. The first-order valence-electron chi connectivity index (χ1n) is 9.36. The van der Waals surface area contributed by atoms with Gasteiger partial charge < -0.3 is 10.1 Å². The Morgan fingerprint density at radius 3 is 2.23 bits per heavy atom. The van der Waals surface area contributed by atoms with E-state index in [-0.39, 0.29) is 11.5 Å². The molecule has 1 heterocycles. The summed E-state index contributed by atoms with van der Waals surface area (Å²) in [4.78, 5) is 25.5. The van der Waals surface area contributed by atoms with Gasteiger partial charge in [-0.2, -0.15) is 5.10 Å². The lowest BCUT2D eigenvalue weighted by atomic mass is 10.0. The summed E-state index contributed by atoms with van der Waals surface area (Å²) in [5.41, 5.74) is 2.54. The third-order valence-corrected chi connectivity index (χ3v) is 4.55. The molecule has 0 atom stereocenters. The molecular weight excluding hydrogens is 378 g/mol. The van der Waals surface area contributed by atoms with E-state index in [2.05, 4.69) is 10.4 Å². The number of nitrogens with one attached hydrogen (secondary N) is 1. The van der Waals surface area contributed by atoms with Crippen molar-refractivity contribution in [2.45, 2.75) is 0 Å². The lowest BCUT2D eigenvalue weighted by Gasteiger charge is -2.07. The molecule has 0 unspecified atom stereocenters. The maximum atomic E-state index is 12.8. The summed E-state index contributed by atoms with van der Waals surface area (Å²) < 4.78 is 6.91. The number of hydrogen-bond donors (Lipinski definition) is 1. The first-order chi connectivity index (χ1) is 14.7. The molecule has 1 aromatic heterocycles. The van der Waals surface area contributed by atoms with E-state index < -0.39 is 5.91 Å². The SMILES string of the molecule is COc1cn(-c2ccccc2)nc1C(=O)Nc1cccc(C(=O)c2ccccc2)c1. The molecule has 0 saturated heterocycles. The summed E-state index contributed by atoms with van der Waals surface area (Å²) >= 11 is 0. The molecule has 4 rings (SSSR count). The first-order valence-corrected chi connectivity index (χ1v) is 9.36. The van der Waals surface area contributed by atoms with Gasteiger partial charge in [-0.3, -0.25) is 9.59 Å². The third kappa shape index (κ3) is 3.98. The quantitative estimate of drug-likeness (QED) is 0.491. The fraction of sp³-hybridized carbons (Fsp3) is 0.0417. The maximum absolute atomic E-state index is 12.8. The Balaban J connectivity index is 1.57. The fourth-order valence-corrected chi connectivity index (χ4v) is 3.06. The molecular formula is C24H19N3O3. The van der Waals surface area contributed by atoms with Gasteiger partial charge in [0.2, 0.25) is 0 Å². The van der Waals surface area contributed by atoms with E-state index >= 15 is 0 Å². The predicted octanol–water partition coefficient (Wildman–Crippen LogP) is 4.36. The van der Waals surface area contributed by atoms with Gasteiger partial charge in [0, 0.05) is 16.8 Å². The normalized spacial score (nSPS) is 10.4. The molecule has 30 heavy (non-hydrogen) atoms. The topological polar surface area (TPSA) is 73.2 Å². The van der Waals surface area contributed by atoms with Crippen LogP contribution in [0.2, 0.25) is 0 Å². The Labute approximate surface area is 173 Å². The van der Waals surface area contributed by atoms with Gasteiger partial charge in [-0.05, 0) is 24.3 Å². The number of methoxy groups -OCH3 is 1. The van der Waals surface area contributed by atoms with Crippen molar-refractivity contribution in [1.82, 2.24) is 9.78 Å². The summed E-state index contributed by atoms with van der Waals surface area (Å²) in [6.07, 6.45) is 1.65. The molecule has 0 radical (unpaired) electrons. The van der Waals surface area contributed by atoms with Crippen molar-refractivity contribution in [2.75, 3.05) is 12.4 Å². The highest BCUT2D eigenvalue weighted by molar-refractivity contribution is 6.10. The first kappa shape index (κ1) is 19.1. The maximum Gasteiger partial charge on any atom is 0.280 e. The third-order valence-electron chi connectivity index (χ3n) is 4.55. The van der Waals surface area contributed by atoms with Crippen molar-refractivity contribution in [3.63, 3.8) is 0 Å². The van der Waals surface area contributed by atoms with E-state index in [1.54, 1.807) is 47.3 Å². The summed E-state index contributed by atoms with van der Waals surface area (Å²) in [6, 6.07) is 25.3. The van der Waals surface area contributed by atoms with Crippen LogP contribution in [0.1, 0.15) is 26.4 Å². The van der Waals surface area contributed by atoms with E-state index in [1.165, 1.54) is 7.11 Å². The van der Waals surface area contributed by atoms with Crippen molar-refractivity contribution >= 4 is 17.4 Å². The standard InChI is InChI=1S/C24H19N3O3/c1-30-21-16-27(20-13-6-3-7-14-20)26-22(21)24(29)25-19-12-8-11-18(15-19)23(28)17-9-4-2-5-10-17/h2-16H,1H3,(H,25,29). The Morgan fingerprint density at radius 1 is 0.867 bits per heavy atom. The lowest BCUT2D eigenvalue weighted by Crippen LogP contribution is -2.14. The number of ether oxygens (including phenoxy) is 1. The van der Waals surface area contributed by atoms with Crippen LogP contribution in [-0.2, 0) is 0 Å². The number of nitrogens with zero attached hydrogens (tertiary/aromatic N) is 2. The van der Waals surface area contributed by atoms with Crippen molar-refractivity contribution in [2.24, 2.45) is 0 Å². The molecule has 0 aliphatic heterocycles. The highest BCUT2D eigenvalue weighted by Gasteiger charge is 2.19. The zero-order chi connectivity index (χ0) is 20.9. The van der Waals surface area contributed by atoms with Crippen molar-refractivity contribution in [1.29, 1.82) is 0 Å². The van der Waals surface area contributed by atoms with Gasteiger partial charge in [0.15, 0.2) is 17.2 Å². The van der Waals surface area contributed by atoms with Crippen LogP contribution in [0.4, 0.5) is 5.69 Å². The molecule has 0 aliphatic rings. The number of benzene rings is 3. The van der Waals surface area contributed by atoms with E-state index in [0.717, 1.165) is 5.69 Å². The Bertz CT molecular complexity index is 1180. The number of ketones is 1. The number of carbonyl (C=O) groups is 2. The monoisotopic (exact) mass is 397 g/mol. The molecule has 3 aromatic carbocycles. The van der Waals surface area contributed by atoms with E-state index in [0.29, 0.717) is 22.6 Å². The zero-order valence-corrected chi connectivity index (χ0v) is 16.3. The number of aromatic nitrogens is 2. The Kier molecular flexibility index (Phi) is 5.39. The van der Waals surface area contributed by atoms with Crippen molar-refractivity contribution < 1.29 is 14.3 Å². The number of para-hydroxylation sites is 1.